The van der Waals surface area contributed by atoms with Crippen molar-refractivity contribution in [1.82, 2.24) is 10.2 Å². The molecular formula is C12H22N2S. The van der Waals surface area contributed by atoms with Gasteiger partial charge in [-0.2, -0.15) is 0 Å². The van der Waals surface area contributed by atoms with E-state index in [1.54, 1.807) is 5.49 Å². The number of nitrogens with zero attached hydrogens (tertiary/aromatic N) is 1. The van der Waals surface area contributed by atoms with Gasteiger partial charge in [-0.25, -0.2) is 0 Å². The van der Waals surface area contributed by atoms with Crippen molar-refractivity contribution in [3.63, 3.8) is 0 Å². The minimum atomic E-state index is 0.310. The van der Waals surface area contributed by atoms with Gasteiger partial charge in [-0.1, -0.05) is 19.1 Å². The summed E-state index contributed by atoms with van der Waals surface area (Å²) >= 11 is 4.83. The summed E-state index contributed by atoms with van der Waals surface area (Å²) in [6, 6.07) is 0. The van der Waals surface area contributed by atoms with Crippen LogP contribution in [0.3, 0.4) is 0 Å². The maximum atomic E-state index is 4.83. The van der Waals surface area contributed by atoms with Gasteiger partial charge in [0.05, 0.1) is 5.49 Å². The largest absolute Gasteiger partial charge is 0.356 e. The molecule has 15 heavy (non-hydrogen) atoms. The van der Waals surface area contributed by atoms with Crippen molar-refractivity contribution >= 4 is 17.7 Å². The van der Waals surface area contributed by atoms with Crippen LogP contribution in [0.1, 0.15) is 40.5 Å². The first-order valence-electron chi connectivity index (χ1n) is 5.65. The third-order valence-corrected chi connectivity index (χ3v) is 3.65. The lowest BCUT2D eigenvalue weighted by Gasteiger charge is -2.41. The number of nitrogens with one attached hydrogen (secondary N) is 1. The van der Waals surface area contributed by atoms with Crippen LogP contribution >= 0.6 is 12.2 Å². The zero-order valence-electron chi connectivity index (χ0n) is 10.3. The van der Waals surface area contributed by atoms with Crippen LogP contribution < -0.4 is 5.32 Å². The number of hydrogen-bond acceptors (Lipinski definition) is 2. The fourth-order valence-electron chi connectivity index (χ4n) is 1.93. The maximum absolute atomic E-state index is 4.83. The second-order valence-electron chi connectivity index (χ2n) is 4.86. The summed E-state index contributed by atoms with van der Waals surface area (Å²) in [5.41, 5.74) is 4.65. The van der Waals surface area contributed by atoms with Gasteiger partial charge in [0.15, 0.2) is 0 Å². The highest BCUT2D eigenvalue weighted by Gasteiger charge is 2.27. The Morgan fingerprint density at radius 2 is 2.20 bits per heavy atom. The number of thiocarbonyl (C=S) groups is 1. The van der Waals surface area contributed by atoms with E-state index in [9.17, 15) is 0 Å². The Morgan fingerprint density at radius 3 is 2.67 bits per heavy atom. The van der Waals surface area contributed by atoms with Crippen LogP contribution in [0.15, 0.2) is 11.3 Å². The molecule has 86 valence electrons. The van der Waals surface area contributed by atoms with Gasteiger partial charge in [-0.15, -0.1) is 0 Å². The Morgan fingerprint density at radius 1 is 1.53 bits per heavy atom. The molecule has 1 heterocycles. The Labute approximate surface area is 98.7 Å². The van der Waals surface area contributed by atoms with Gasteiger partial charge in [0, 0.05) is 30.7 Å². The first-order chi connectivity index (χ1) is 7.01. The van der Waals surface area contributed by atoms with E-state index in [0.717, 1.165) is 19.5 Å². The summed E-state index contributed by atoms with van der Waals surface area (Å²) in [5, 5.41) is 3.17. The SMILES string of the molecule is CCC(C)(C)N1CCC(NC=S)=C(C)C1. The van der Waals surface area contributed by atoms with Crippen molar-refractivity contribution in [2.24, 2.45) is 0 Å². The zero-order valence-corrected chi connectivity index (χ0v) is 11.1. The van der Waals surface area contributed by atoms with Crippen LogP contribution in [0.25, 0.3) is 0 Å². The summed E-state index contributed by atoms with van der Waals surface area (Å²) < 4.78 is 0. The second kappa shape index (κ2) is 5.08. The van der Waals surface area contributed by atoms with Crippen LogP contribution in [0.4, 0.5) is 0 Å². The van der Waals surface area contributed by atoms with Crippen LogP contribution in [0, 0.1) is 0 Å². The van der Waals surface area contributed by atoms with E-state index in [0.29, 0.717) is 5.54 Å². The van der Waals surface area contributed by atoms with Crippen LogP contribution in [-0.2, 0) is 0 Å². The van der Waals surface area contributed by atoms with E-state index in [1.807, 2.05) is 0 Å². The van der Waals surface area contributed by atoms with Gasteiger partial charge in [0.25, 0.3) is 0 Å². The molecule has 0 aliphatic carbocycles. The molecule has 2 nitrogen and oxygen atoms in total. The normalized spacial score (nSPS) is 19.2. The first-order valence-corrected chi connectivity index (χ1v) is 6.12. The van der Waals surface area contributed by atoms with Crippen molar-refractivity contribution in [1.29, 1.82) is 0 Å². The van der Waals surface area contributed by atoms with Crippen LogP contribution in [-0.4, -0.2) is 29.0 Å². The minimum absolute atomic E-state index is 0.310. The first kappa shape index (κ1) is 12.7. The lowest BCUT2D eigenvalue weighted by Crippen LogP contribution is -2.47. The predicted molar refractivity (Wildman–Crippen MR) is 70.1 cm³/mol. The standard InChI is InChI=1S/C12H22N2S/c1-5-12(3,4)14-7-6-11(13-9-15)10(2)8-14/h9H,5-8H2,1-4H3,(H,13,15). The third kappa shape index (κ3) is 3.02. The van der Waals surface area contributed by atoms with Crippen LogP contribution in [0.2, 0.25) is 0 Å². The van der Waals surface area contributed by atoms with Crippen molar-refractivity contribution < 1.29 is 0 Å². The van der Waals surface area contributed by atoms with Crippen molar-refractivity contribution in [2.45, 2.75) is 46.1 Å². The molecule has 0 aromatic carbocycles. The lowest BCUT2D eigenvalue weighted by molar-refractivity contribution is 0.121. The molecule has 0 bridgehead atoms. The average molecular weight is 226 g/mol. The molecular weight excluding hydrogens is 204 g/mol. The minimum Gasteiger partial charge on any atom is -0.356 e. The molecule has 3 heteroatoms. The third-order valence-electron chi connectivity index (χ3n) is 3.53. The fraction of sp³-hybridized carbons (Fsp3) is 0.750. The highest BCUT2D eigenvalue weighted by atomic mass is 32.1. The molecule has 0 aromatic rings. The van der Waals surface area contributed by atoms with Crippen LogP contribution in [0.5, 0.6) is 0 Å². The van der Waals surface area contributed by atoms with Gasteiger partial charge >= 0.3 is 0 Å². The molecule has 0 unspecified atom stereocenters. The smallest absolute Gasteiger partial charge is 0.0656 e. The zero-order chi connectivity index (χ0) is 11.5. The fourth-order valence-corrected chi connectivity index (χ4v) is 2.07. The topological polar surface area (TPSA) is 15.3 Å². The molecule has 1 rings (SSSR count). The molecule has 1 aliphatic heterocycles. The monoisotopic (exact) mass is 226 g/mol. The Balaban J connectivity index is 2.70. The van der Waals surface area contributed by atoms with Gasteiger partial charge in [-0.3, -0.25) is 4.90 Å². The Hall–Kier alpha value is -0.410. The molecule has 0 atom stereocenters. The molecule has 1 aliphatic rings. The van der Waals surface area contributed by atoms with Gasteiger partial charge in [0.1, 0.15) is 0 Å². The number of rotatable bonds is 4. The van der Waals surface area contributed by atoms with E-state index in [2.05, 4.69) is 37.9 Å². The van der Waals surface area contributed by atoms with E-state index in [1.165, 1.54) is 17.7 Å². The molecule has 0 saturated heterocycles. The highest BCUT2D eigenvalue weighted by molar-refractivity contribution is 7.78. The Bertz CT molecular complexity index is 269. The van der Waals surface area contributed by atoms with E-state index in [-0.39, 0.29) is 0 Å². The predicted octanol–water partition coefficient (Wildman–Crippen LogP) is 2.70. The van der Waals surface area contributed by atoms with Gasteiger partial charge in [-0.05, 0) is 32.8 Å². The lowest BCUT2D eigenvalue weighted by atomic mass is 9.95. The summed E-state index contributed by atoms with van der Waals surface area (Å²) in [7, 11) is 0. The van der Waals surface area contributed by atoms with Crippen molar-refractivity contribution in [3.8, 4) is 0 Å². The second-order valence-corrected chi connectivity index (χ2v) is 5.09. The summed E-state index contributed by atoms with van der Waals surface area (Å²) in [5.74, 6) is 0. The van der Waals surface area contributed by atoms with E-state index < -0.39 is 0 Å². The maximum Gasteiger partial charge on any atom is 0.0656 e. The molecule has 0 spiro atoms. The highest BCUT2D eigenvalue weighted by Crippen LogP contribution is 2.25. The van der Waals surface area contributed by atoms with Crippen molar-refractivity contribution in [3.05, 3.63) is 11.3 Å². The van der Waals surface area contributed by atoms with E-state index >= 15 is 0 Å². The van der Waals surface area contributed by atoms with Gasteiger partial charge < -0.3 is 5.32 Å². The number of hydrogen-bond donors (Lipinski definition) is 1. The summed E-state index contributed by atoms with van der Waals surface area (Å²) in [4.78, 5) is 2.55. The molecule has 0 saturated carbocycles. The Kier molecular flexibility index (Phi) is 4.29. The molecule has 0 radical (unpaired) electrons. The summed E-state index contributed by atoms with van der Waals surface area (Å²) in [6.45, 7) is 11.3. The molecule has 0 fully saturated rings. The summed E-state index contributed by atoms with van der Waals surface area (Å²) in [6.07, 6.45) is 2.28. The van der Waals surface area contributed by atoms with Gasteiger partial charge in [0.2, 0.25) is 0 Å². The quantitative estimate of drug-likeness (QED) is 0.742. The van der Waals surface area contributed by atoms with E-state index in [4.69, 9.17) is 12.2 Å². The molecule has 1 N–H and O–H groups in total. The molecule has 0 aromatic heterocycles. The molecule has 0 amide bonds. The average Bonchev–Trinajstić information content (AvgIpc) is 2.21. The van der Waals surface area contributed by atoms with Crippen molar-refractivity contribution in [2.75, 3.05) is 13.1 Å².